The van der Waals surface area contributed by atoms with E-state index in [4.69, 9.17) is 27.9 Å². The summed E-state index contributed by atoms with van der Waals surface area (Å²) in [5.74, 6) is 0.974. The van der Waals surface area contributed by atoms with Crippen LogP contribution in [0.2, 0.25) is 10.0 Å². The number of anilines is 1. The molecule has 0 aliphatic carbocycles. The number of halogens is 2. The summed E-state index contributed by atoms with van der Waals surface area (Å²) < 4.78 is 9.78. The van der Waals surface area contributed by atoms with Crippen LogP contribution in [0.1, 0.15) is 19.3 Å². The molecule has 1 aliphatic heterocycles. The van der Waals surface area contributed by atoms with E-state index in [1.54, 1.807) is 29.8 Å². The van der Waals surface area contributed by atoms with Gasteiger partial charge in [-0.15, -0.1) is 0 Å². The molecule has 1 fully saturated rings. The first-order valence-corrected chi connectivity index (χ1v) is 11.2. The first kappa shape index (κ1) is 22.7. The highest BCUT2D eigenvalue weighted by Gasteiger charge is 2.25. The minimum absolute atomic E-state index is 0.0491. The van der Waals surface area contributed by atoms with Crippen molar-refractivity contribution < 1.29 is 9.84 Å². The second-order valence-electron chi connectivity index (χ2n) is 7.99. The van der Waals surface area contributed by atoms with E-state index in [-0.39, 0.29) is 18.7 Å². The average Bonchev–Trinajstić information content (AvgIpc) is 3.15. The molecule has 1 atom stereocenters. The molecule has 1 aliphatic rings. The molecule has 3 aromatic rings. The van der Waals surface area contributed by atoms with Gasteiger partial charge in [0, 0.05) is 32.2 Å². The summed E-state index contributed by atoms with van der Waals surface area (Å²) in [4.78, 5) is 32.1. The number of aromatic nitrogens is 4. The number of hydrogen-bond donors (Lipinski definition) is 1. The Kier molecular flexibility index (Phi) is 6.50. The van der Waals surface area contributed by atoms with Gasteiger partial charge in [0.15, 0.2) is 11.2 Å². The van der Waals surface area contributed by atoms with Gasteiger partial charge in [0.25, 0.3) is 5.56 Å². The lowest BCUT2D eigenvalue weighted by Gasteiger charge is -2.28. The summed E-state index contributed by atoms with van der Waals surface area (Å²) in [5, 5.41) is 11.6. The zero-order valence-corrected chi connectivity index (χ0v) is 19.4. The summed E-state index contributed by atoms with van der Waals surface area (Å²) in [6, 6.07) is 4.85. The van der Waals surface area contributed by atoms with Gasteiger partial charge in [0.05, 0.1) is 11.6 Å². The van der Waals surface area contributed by atoms with Crippen molar-refractivity contribution in [1.82, 2.24) is 18.7 Å². The molecule has 4 rings (SSSR count). The van der Waals surface area contributed by atoms with Crippen LogP contribution in [-0.4, -0.2) is 49.6 Å². The Balaban J connectivity index is 1.69. The topological polar surface area (TPSA) is 94.5 Å². The fourth-order valence-electron chi connectivity index (χ4n) is 3.98. The van der Waals surface area contributed by atoms with Crippen LogP contribution >= 0.6 is 23.2 Å². The van der Waals surface area contributed by atoms with Crippen molar-refractivity contribution in [2.45, 2.75) is 31.9 Å². The van der Waals surface area contributed by atoms with Gasteiger partial charge in [-0.1, -0.05) is 23.2 Å². The number of ether oxygens (including phenoxy) is 1. The minimum Gasteiger partial charge on any atom is -0.489 e. The molecule has 0 unspecified atom stereocenters. The van der Waals surface area contributed by atoms with E-state index in [0.717, 1.165) is 36.9 Å². The van der Waals surface area contributed by atoms with Gasteiger partial charge in [-0.25, -0.2) is 4.79 Å². The van der Waals surface area contributed by atoms with Crippen LogP contribution in [0.25, 0.3) is 11.2 Å². The summed E-state index contributed by atoms with van der Waals surface area (Å²) in [6.45, 7) is 1.61. The van der Waals surface area contributed by atoms with E-state index < -0.39 is 17.4 Å². The molecule has 2 aromatic heterocycles. The second-order valence-corrected chi connectivity index (χ2v) is 8.83. The maximum atomic E-state index is 13.0. The lowest BCUT2D eigenvalue weighted by Crippen LogP contribution is -2.38. The first-order chi connectivity index (χ1) is 15.3. The number of aliphatic hydroxyl groups excluding tert-OH is 1. The lowest BCUT2D eigenvalue weighted by molar-refractivity contribution is 0.0936. The zero-order chi connectivity index (χ0) is 23.0. The second kappa shape index (κ2) is 9.17. The highest BCUT2D eigenvalue weighted by Crippen LogP contribution is 2.28. The number of aryl methyl sites for hydroxylation is 1. The molecular weight excluding hydrogens is 457 g/mol. The van der Waals surface area contributed by atoms with Crippen molar-refractivity contribution in [2.24, 2.45) is 14.1 Å². The van der Waals surface area contributed by atoms with Gasteiger partial charge in [-0.2, -0.15) is 4.98 Å². The maximum Gasteiger partial charge on any atom is 0.332 e. The van der Waals surface area contributed by atoms with Gasteiger partial charge >= 0.3 is 5.69 Å². The summed E-state index contributed by atoms with van der Waals surface area (Å²) in [6.07, 6.45) is 2.21. The third kappa shape index (κ3) is 4.24. The Bertz CT molecular complexity index is 1260. The van der Waals surface area contributed by atoms with E-state index in [0.29, 0.717) is 27.4 Å². The van der Waals surface area contributed by atoms with Gasteiger partial charge in [0.1, 0.15) is 18.5 Å². The smallest absolute Gasteiger partial charge is 0.332 e. The molecule has 9 nitrogen and oxygen atoms in total. The standard InChI is InChI=1S/C21H25Cl2N5O4/c1-25-18-17(19(30)26(2)21(25)31)28(20(24-18)27-8-4-3-5-9-27)11-14(29)12-32-16-7-6-13(22)10-15(16)23/h6-7,10,14,29H,3-5,8-9,11-12H2,1-2H3/t14-/m0/s1. The molecule has 32 heavy (non-hydrogen) atoms. The monoisotopic (exact) mass is 481 g/mol. The summed E-state index contributed by atoms with van der Waals surface area (Å²) >= 11 is 12.1. The summed E-state index contributed by atoms with van der Waals surface area (Å²) in [5.41, 5.74) is -0.322. The number of aliphatic hydroxyl groups is 1. The van der Waals surface area contributed by atoms with Crippen molar-refractivity contribution in [3.63, 3.8) is 0 Å². The van der Waals surface area contributed by atoms with E-state index in [1.807, 2.05) is 0 Å². The third-order valence-electron chi connectivity index (χ3n) is 5.69. The van der Waals surface area contributed by atoms with Crippen molar-refractivity contribution >= 4 is 40.3 Å². The highest BCUT2D eigenvalue weighted by atomic mass is 35.5. The van der Waals surface area contributed by atoms with Crippen LogP contribution in [0.3, 0.4) is 0 Å². The number of rotatable bonds is 6. The van der Waals surface area contributed by atoms with Gasteiger partial charge in [-0.05, 0) is 37.5 Å². The fourth-order valence-corrected chi connectivity index (χ4v) is 4.45. The largest absolute Gasteiger partial charge is 0.489 e. The van der Waals surface area contributed by atoms with Crippen LogP contribution in [0.5, 0.6) is 5.75 Å². The molecule has 0 bridgehead atoms. The average molecular weight is 482 g/mol. The molecule has 1 aromatic carbocycles. The Hall–Kier alpha value is -2.49. The quantitative estimate of drug-likeness (QED) is 0.579. The number of fused-ring (bicyclic) bond motifs is 1. The van der Waals surface area contributed by atoms with Gasteiger partial charge in [-0.3, -0.25) is 13.9 Å². The first-order valence-electron chi connectivity index (χ1n) is 10.4. The van der Waals surface area contributed by atoms with Crippen molar-refractivity contribution in [3.05, 3.63) is 49.1 Å². The van der Waals surface area contributed by atoms with Crippen LogP contribution in [-0.2, 0) is 20.6 Å². The predicted molar refractivity (Wildman–Crippen MR) is 124 cm³/mol. The minimum atomic E-state index is -0.954. The Morgan fingerprint density at radius 2 is 1.84 bits per heavy atom. The van der Waals surface area contributed by atoms with Gasteiger partial charge < -0.3 is 19.3 Å². The Morgan fingerprint density at radius 1 is 1.12 bits per heavy atom. The van der Waals surface area contributed by atoms with Crippen LogP contribution in [0.15, 0.2) is 27.8 Å². The molecule has 172 valence electrons. The number of imidazole rings is 1. The molecule has 3 heterocycles. The third-order valence-corrected chi connectivity index (χ3v) is 6.22. The maximum absolute atomic E-state index is 13.0. The molecule has 11 heteroatoms. The van der Waals surface area contributed by atoms with E-state index in [9.17, 15) is 14.7 Å². The Labute approximate surface area is 194 Å². The van der Waals surface area contributed by atoms with Gasteiger partial charge in [0.2, 0.25) is 5.95 Å². The van der Waals surface area contributed by atoms with Crippen molar-refractivity contribution in [2.75, 3.05) is 24.6 Å². The van der Waals surface area contributed by atoms with E-state index >= 15 is 0 Å². The summed E-state index contributed by atoms with van der Waals surface area (Å²) in [7, 11) is 3.02. The molecule has 0 radical (unpaired) electrons. The lowest BCUT2D eigenvalue weighted by atomic mass is 10.1. The molecular formula is C21H25Cl2N5O4. The molecule has 1 saturated heterocycles. The molecule has 1 N–H and O–H groups in total. The van der Waals surface area contributed by atoms with E-state index in [1.165, 1.54) is 11.6 Å². The zero-order valence-electron chi connectivity index (χ0n) is 17.9. The SMILES string of the molecule is Cn1c(=O)c2c(nc(N3CCCCC3)n2C[C@H](O)COc2ccc(Cl)cc2Cl)n(C)c1=O. The van der Waals surface area contributed by atoms with Crippen molar-refractivity contribution in [1.29, 1.82) is 0 Å². The van der Waals surface area contributed by atoms with E-state index in [2.05, 4.69) is 9.88 Å². The van der Waals surface area contributed by atoms with Crippen LogP contribution < -0.4 is 20.9 Å². The predicted octanol–water partition coefficient (Wildman–Crippen LogP) is 2.17. The number of benzene rings is 1. The molecule has 0 amide bonds. The Morgan fingerprint density at radius 3 is 2.53 bits per heavy atom. The van der Waals surface area contributed by atoms with Crippen LogP contribution in [0, 0.1) is 0 Å². The fraction of sp³-hybridized carbons (Fsp3) is 0.476. The normalized spacial score (nSPS) is 15.3. The molecule has 0 spiro atoms. The van der Waals surface area contributed by atoms with Crippen molar-refractivity contribution in [3.8, 4) is 5.75 Å². The number of nitrogens with zero attached hydrogens (tertiary/aromatic N) is 5. The number of hydrogen-bond acceptors (Lipinski definition) is 6. The molecule has 0 saturated carbocycles. The number of piperidine rings is 1. The van der Waals surface area contributed by atoms with Crippen LogP contribution in [0.4, 0.5) is 5.95 Å². The highest BCUT2D eigenvalue weighted by molar-refractivity contribution is 6.35.